The third-order valence-electron chi connectivity index (χ3n) is 8.64. The van der Waals surface area contributed by atoms with Crippen LogP contribution in [0.15, 0.2) is 108 Å². The van der Waals surface area contributed by atoms with Crippen LogP contribution in [-0.2, 0) is 13.1 Å². The Morgan fingerprint density at radius 2 is 1.51 bits per heavy atom. The number of ether oxygens (including phenoxy) is 1. The van der Waals surface area contributed by atoms with Gasteiger partial charge in [-0.05, 0) is 47.9 Å². The number of carbonyl (C=O) groups is 1. The molecule has 0 spiro atoms. The van der Waals surface area contributed by atoms with E-state index >= 15 is 0 Å². The lowest BCUT2D eigenvalue weighted by molar-refractivity contribution is 0.0930. The van der Waals surface area contributed by atoms with Crippen molar-refractivity contribution in [3.8, 4) is 11.4 Å². The van der Waals surface area contributed by atoms with Gasteiger partial charge in [-0.1, -0.05) is 61.5 Å². The molecular formula is C37H39N5O3. The van der Waals surface area contributed by atoms with E-state index in [9.17, 15) is 9.59 Å². The molecular weight excluding hydrogens is 562 g/mol. The Morgan fingerprint density at radius 1 is 0.844 bits per heavy atom. The van der Waals surface area contributed by atoms with Crippen molar-refractivity contribution in [3.63, 3.8) is 0 Å². The first-order chi connectivity index (χ1) is 22.1. The SMILES string of the molecule is CC[C@H](NC(=O)c1c(CN2CCN(Cc3ccncc3)CC2)n(-c2cccc(OC)c2)c(=O)c2ccccc12)c1ccccc1. The van der Waals surface area contributed by atoms with E-state index in [1.165, 1.54) is 5.56 Å². The molecule has 1 saturated heterocycles. The second kappa shape index (κ2) is 13.9. The summed E-state index contributed by atoms with van der Waals surface area (Å²) < 4.78 is 7.25. The van der Waals surface area contributed by atoms with E-state index in [1.54, 1.807) is 17.7 Å². The summed E-state index contributed by atoms with van der Waals surface area (Å²) in [7, 11) is 1.61. The summed E-state index contributed by atoms with van der Waals surface area (Å²) in [5.41, 5.74) is 4.00. The molecule has 5 aromatic rings. The molecule has 3 heterocycles. The van der Waals surface area contributed by atoms with Crippen molar-refractivity contribution in [2.75, 3.05) is 33.3 Å². The van der Waals surface area contributed by atoms with Crippen LogP contribution < -0.4 is 15.6 Å². The summed E-state index contributed by atoms with van der Waals surface area (Å²) >= 11 is 0. The maximum absolute atomic E-state index is 14.5. The average Bonchev–Trinajstić information content (AvgIpc) is 3.09. The molecule has 3 aromatic carbocycles. The summed E-state index contributed by atoms with van der Waals surface area (Å²) in [4.78, 5) is 37.6. The number of piperazine rings is 1. The lowest BCUT2D eigenvalue weighted by Crippen LogP contribution is -2.46. The molecule has 0 bridgehead atoms. The van der Waals surface area contributed by atoms with Gasteiger partial charge in [-0.15, -0.1) is 0 Å². The molecule has 8 heteroatoms. The third kappa shape index (κ3) is 6.67. The summed E-state index contributed by atoms with van der Waals surface area (Å²) in [5, 5.41) is 4.48. The van der Waals surface area contributed by atoms with Gasteiger partial charge in [0.1, 0.15) is 5.75 Å². The topological polar surface area (TPSA) is 79.7 Å². The number of fused-ring (bicyclic) bond motifs is 1. The monoisotopic (exact) mass is 601 g/mol. The fourth-order valence-electron chi connectivity index (χ4n) is 6.22. The van der Waals surface area contributed by atoms with Crippen molar-refractivity contribution in [2.24, 2.45) is 0 Å². The van der Waals surface area contributed by atoms with Gasteiger partial charge in [-0.25, -0.2) is 0 Å². The van der Waals surface area contributed by atoms with E-state index in [0.29, 0.717) is 40.0 Å². The minimum Gasteiger partial charge on any atom is -0.497 e. The highest BCUT2D eigenvalue weighted by Crippen LogP contribution is 2.27. The Labute approximate surface area is 263 Å². The Morgan fingerprint density at radius 3 is 2.20 bits per heavy atom. The molecule has 2 aromatic heterocycles. The van der Waals surface area contributed by atoms with Crippen molar-refractivity contribution in [1.29, 1.82) is 0 Å². The number of hydrogen-bond acceptors (Lipinski definition) is 6. The lowest BCUT2D eigenvalue weighted by atomic mass is 9.99. The van der Waals surface area contributed by atoms with E-state index in [4.69, 9.17) is 4.74 Å². The maximum Gasteiger partial charge on any atom is 0.263 e. The van der Waals surface area contributed by atoms with Crippen molar-refractivity contribution >= 4 is 16.7 Å². The highest BCUT2D eigenvalue weighted by molar-refractivity contribution is 6.08. The summed E-state index contributed by atoms with van der Waals surface area (Å²) in [6, 6.07) is 28.9. The predicted molar refractivity (Wildman–Crippen MR) is 178 cm³/mol. The smallest absolute Gasteiger partial charge is 0.263 e. The second-order valence-corrected chi connectivity index (χ2v) is 11.5. The molecule has 0 radical (unpaired) electrons. The number of nitrogens with zero attached hydrogens (tertiary/aromatic N) is 4. The first kappa shape index (κ1) is 30.2. The average molecular weight is 602 g/mol. The standard InChI is InChI=1S/C37H39N5O3/c1-3-33(28-10-5-4-6-11-28)39-36(43)35-31-14-7-8-15-32(31)37(44)42(29-12-9-13-30(24-29)45-2)34(35)26-41-22-20-40(21-23-41)25-27-16-18-38-19-17-27/h4-19,24,33H,3,20-23,25-26H2,1-2H3,(H,39,43)/t33-/m0/s1. The normalized spacial score (nSPS) is 14.7. The van der Waals surface area contributed by atoms with Crippen molar-refractivity contribution in [2.45, 2.75) is 32.5 Å². The summed E-state index contributed by atoms with van der Waals surface area (Å²) in [6.45, 7) is 6.77. The number of amides is 1. The second-order valence-electron chi connectivity index (χ2n) is 11.5. The number of carbonyl (C=O) groups excluding carboxylic acids is 1. The lowest BCUT2D eigenvalue weighted by Gasteiger charge is -2.35. The number of benzene rings is 3. The minimum absolute atomic E-state index is 0.156. The Hall–Kier alpha value is -4.79. The maximum atomic E-state index is 14.5. The number of pyridine rings is 2. The van der Waals surface area contributed by atoms with Gasteiger partial charge in [-0.3, -0.25) is 28.9 Å². The summed E-state index contributed by atoms with van der Waals surface area (Å²) in [6.07, 6.45) is 4.39. The molecule has 45 heavy (non-hydrogen) atoms. The van der Waals surface area contributed by atoms with Crippen LogP contribution in [0.5, 0.6) is 5.75 Å². The molecule has 0 aliphatic carbocycles. The predicted octanol–water partition coefficient (Wildman–Crippen LogP) is 5.59. The zero-order chi connectivity index (χ0) is 31.2. The molecule has 0 saturated carbocycles. The molecule has 0 unspecified atom stereocenters. The van der Waals surface area contributed by atoms with Gasteiger partial charge in [0.05, 0.1) is 30.1 Å². The molecule has 1 aliphatic heterocycles. The van der Waals surface area contributed by atoms with Crippen molar-refractivity contribution < 1.29 is 9.53 Å². The van der Waals surface area contributed by atoms with E-state index < -0.39 is 0 Å². The van der Waals surface area contributed by atoms with Crippen LogP contribution in [0.4, 0.5) is 0 Å². The molecule has 1 N–H and O–H groups in total. The number of hydrogen-bond donors (Lipinski definition) is 1. The van der Waals surface area contributed by atoms with Gasteiger partial charge in [0.2, 0.25) is 0 Å². The third-order valence-corrected chi connectivity index (χ3v) is 8.64. The van der Waals surface area contributed by atoms with Gasteiger partial charge >= 0.3 is 0 Å². The zero-order valence-electron chi connectivity index (χ0n) is 25.9. The highest BCUT2D eigenvalue weighted by atomic mass is 16.5. The quantitative estimate of drug-likeness (QED) is 0.225. The number of rotatable bonds is 10. The van der Waals surface area contributed by atoms with E-state index in [0.717, 1.165) is 44.7 Å². The fourth-order valence-corrected chi connectivity index (χ4v) is 6.22. The molecule has 6 rings (SSSR count). The summed E-state index contributed by atoms with van der Waals surface area (Å²) in [5.74, 6) is 0.453. The highest BCUT2D eigenvalue weighted by Gasteiger charge is 2.27. The number of nitrogens with one attached hydrogen (secondary N) is 1. The molecule has 230 valence electrons. The van der Waals surface area contributed by atoms with Crippen LogP contribution in [0.1, 0.15) is 46.6 Å². The van der Waals surface area contributed by atoms with Gasteiger partial charge < -0.3 is 10.1 Å². The molecule has 8 nitrogen and oxygen atoms in total. The number of aromatic nitrogens is 2. The largest absolute Gasteiger partial charge is 0.497 e. The van der Waals surface area contributed by atoms with Crippen LogP contribution in [0.3, 0.4) is 0 Å². The Kier molecular flexibility index (Phi) is 9.33. The van der Waals surface area contributed by atoms with Gasteiger partial charge in [-0.2, -0.15) is 0 Å². The first-order valence-corrected chi connectivity index (χ1v) is 15.6. The van der Waals surface area contributed by atoms with Crippen LogP contribution in [-0.4, -0.2) is 58.5 Å². The van der Waals surface area contributed by atoms with Gasteiger partial charge in [0.15, 0.2) is 0 Å². The molecule has 1 aliphatic rings. The van der Waals surface area contributed by atoms with Crippen molar-refractivity contribution in [3.05, 3.63) is 136 Å². The van der Waals surface area contributed by atoms with Crippen LogP contribution in [0.25, 0.3) is 16.5 Å². The minimum atomic E-state index is -0.190. The zero-order valence-corrected chi connectivity index (χ0v) is 25.9. The first-order valence-electron chi connectivity index (χ1n) is 15.6. The molecule has 1 amide bonds. The molecule has 1 atom stereocenters. The van der Waals surface area contributed by atoms with E-state index in [2.05, 4.69) is 39.2 Å². The number of methoxy groups -OCH3 is 1. The van der Waals surface area contributed by atoms with Gasteiger partial charge in [0, 0.05) is 68.5 Å². The van der Waals surface area contributed by atoms with E-state index in [1.807, 2.05) is 85.2 Å². The Bertz CT molecular complexity index is 1820. The molecule has 1 fully saturated rings. The fraction of sp³-hybridized carbons (Fsp3) is 0.270. The van der Waals surface area contributed by atoms with Gasteiger partial charge in [0.25, 0.3) is 11.5 Å². The van der Waals surface area contributed by atoms with Crippen LogP contribution >= 0.6 is 0 Å². The van der Waals surface area contributed by atoms with Crippen LogP contribution in [0, 0.1) is 0 Å². The van der Waals surface area contributed by atoms with E-state index in [-0.39, 0.29) is 17.5 Å². The van der Waals surface area contributed by atoms with Crippen LogP contribution in [0.2, 0.25) is 0 Å². The van der Waals surface area contributed by atoms with Crippen molar-refractivity contribution in [1.82, 2.24) is 24.7 Å². The Balaban J connectivity index is 1.42.